The zero-order valence-corrected chi connectivity index (χ0v) is 18.3. The first-order valence-corrected chi connectivity index (χ1v) is 11.3. The Balaban J connectivity index is 1.15. The standard InChI is InChI=1S/C24H27N5O4/c30-21-16-29(14-18(21)12-19-15-28-9-7-25-22(28)13-26-19)24(32)17-3-5-20(6-4-17)33-11-10-27-8-1-2-23(27)31/h3-7,9,13,15,18,21,30H,1-2,8,10-12,14,16H2/t18-,21+/m1/s1. The van der Waals surface area contributed by atoms with Gasteiger partial charge in [0.1, 0.15) is 12.4 Å². The van der Waals surface area contributed by atoms with E-state index in [9.17, 15) is 14.7 Å². The molecule has 5 rings (SSSR count). The molecule has 3 aromatic rings. The quantitative estimate of drug-likeness (QED) is 0.585. The smallest absolute Gasteiger partial charge is 0.253 e. The highest BCUT2D eigenvalue weighted by atomic mass is 16.5. The van der Waals surface area contributed by atoms with Crippen LogP contribution in [0, 0.1) is 5.92 Å². The van der Waals surface area contributed by atoms with Crippen LogP contribution in [0.15, 0.2) is 49.1 Å². The Bertz CT molecular complexity index is 1150. The van der Waals surface area contributed by atoms with Gasteiger partial charge in [-0.2, -0.15) is 0 Å². The molecule has 2 aliphatic rings. The van der Waals surface area contributed by atoms with E-state index in [0.29, 0.717) is 50.4 Å². The minimum absolute atomic E-state index is 0.0710. The summed E-state index contributed by atoms with van der Waals surface area (Å²) in [7, 11) is 0. The number of aromatic nitrogens is 3. The van der Waals surface area contributed by atoms with Gasteiger partial charge in [-0.05, 0) is 37.1 Å². The Morgan fingerprint density at radius 3 is 2.82 bits per heavy atom. The Morgan fingerprint density at radius 2 is 2.03 bits per heavy atom. The highest BCUT2D eigenvalue weighted by Crippen LogP contribution is 2.23. The summed E-state index contributed by atoms with van der Waals surface area (Å²) < 4.78 is 7.63. The summed E-state index contributed by atoms with van der Waals surface area (Å²) in [6.45, 7) is 2.59. The van der Waals surface area contributed by atoms with Gasteiger partial charge in [-0.3, -0.25) is 14.6 Å². The number of likely N-dealkylation sites (tertiary alicyclic amines) is 2. The van der Waals surface area contributed by atoms with Crippen LogP contribution in [0.4, 0.5) is 0 Å². The number of carbonyl (C=O) groups excluding carboxylic acids is 2. The average Bonchev–Trinajstić information content (AvgIpc) is 3.54. The van der Waals surface area contributed by atoms with E-state index in [0.717, 1.165) is 24.3 Å². The number of benzene rings is 1. The van der Waals surface area contributed by atoms with Crippen molar-refractivity contribution in [3.63, 3.8) is 0 Å². The molecule has 0 aliphatic carbocycles. The number of nitrogens with zero attached hydrogens (tertiary/aromatic N) is 5. The van der Waals surface area contributed by atoms with Gasteiger partial charge in [0.2, 0.25) is 5.91 Å². The molecule has 9 heteroatoms. The molecule has 0 bridgehead atoms. The monoisotopic (exact) mass is 449 g/mol. The van der Waals surface area contributed by atoms with Gasteiger partial charge in [-0.1, -0.05) is 0 Å². The van der Waals surface area contributed by atoms with Crippen LogP contribution in [0.3, 0.4) is 0 Å². The Hall–Kier alpha value is -3.46. The molecule has 2 saturated heterocycles. The lowest BCUT2D eigenvalue weighted by molar-refractivity contribution is -0.128. The summed E-state index contributed by atoms with van der Waals surface area (Å²) in [6.07, 6.45) is 8.74. The highest BCUT2D eigenvalue weighted by Gasteiger charge is 2.34. The second kappa shape index (κ2) is 9.19. The van der Waals surface area contributed by atoms with Crippen molar-refractivity contribution < 1.29 is 19.4 Å². The van der Waals surface area contributed by atoms with Gasteiger partial charge in [0.05, 0.1) is 24.5 Å². The van der Waals surface area contributed by atoms with Gasteiger partial charge >= 0.3 is 0 Å². The SMILES string of the molecule is O=C1CCCN1CCOc1ccc(C(=O)N2C[C@@H](Cc3cn4ccnc4cn3)[C@@H](O)C2)cc1. The minimum atomic E-state index is -0.592. The van der Waals surface area contributed by atoms with Crippen LogP contribution in [-0.4, -0.2) is 80.0 Å². The molecular weight excluding hydrogens is 422 g/mol. The summed E-state index contributed by atoms with van der Waals surface area (Å²) >= 11 is 0. The number of rotatable bonds is 7. The van der Waals surface area contributed by atoms with Crippen LogP contribution in [0.1, 0.15) is 28.9 Å². The van der Waals surface area contributed by atoms with Gasteiger partial charge in [-0.25, -0.2) is 4.98 Å². The maximum Gasteiger partial charge on any atom is 0.253 e. The Kier molecular flexibility index (Phi) is 5.95. The van der Waals surface area contributed by atoms with E-state index < -0.39 is 6.10 Å². The molecule has 172 valence electrons. The van der Waals surface area contributed by atoms with Crippen molar-refractivity contribution in [3.8, 4) is 5.75 Å². The number of hydrogen-bond donors (Lipinski definition) is 1. The second-order valence-electron chi connectivity index (χ2n) is 8.67. The third-order valence-electron chi connectivity index (χ3n) is 6.40. The number of hydrogen-bond acceptors (Lipinski definition) is 6. The average molecular weight is 450 g/mol. The van der Waals surface area contributed by atoms with E-state index in [1.54, 1.807) is 41.6 Å². The number of amides is 2. The molecule has 4 heterocycles. The first kappa shape index (κ1) is 21.4. The molecule has 0 radical (unpaired) electrons. The minimum Gasteiger partial charge on any atom is -0.492 e. The summed E-state index contributed by atoms with van der Waals surface area (Å²) in [5.41, 5.74) is 2.19. The first-order valence-electron chi connectivity index (χ1n) is 11.3. The fourth-order valence-electron chi connectivity index (χ4n) is 4.55. The Morgan fingerprint density at radius 1 is 1.18 bits per heavy atom. The molecule has 2 fully saturated rings. The number of carbonyl (C=O) groups is 2. The molecular formula is C24H27N5O4. The van der Waals surface area contributed by atoms with Crippen molar-refractivity contribution in [2.75, 3.05) is 32.8 Å². The van der Waals surface area contributed by atoms with E-state index in [2.05, 4.69) is 9.97 Å². The summed E-state index contributed by atoms with van der Waals surface area (Å²) in [5, 5.41) is 10.6. The number of imidazole rings is 1. The van der Waals surface area contributed by atoms with E-state index in [1.807, 2.05) is 21.7 Å². The van der Waals surface area contributed by atoms with Crippen LogP contribution < -0.4 is 4.74 Å². The normalized spacial score (nSPS) is 20.7. The number of aliphatic hydroxyl groups excluding tert-OH is 1. The summed E-state index contributed by atoms with van der Waals surface area (Å²) in [5.74, 6) is 0.671. The number of fused-ring (bicyclic) bond motifs is 1. The molecule has 0 spiro atoms. The van der Waals surface area contributed by atoms with Crippen LogP contribution >= 0.6 is 0 Å². The van der Waals surface area contributed by atoms with E-state index in [4.69, 9.17) is 4.74 Å². The lowest BCUT2D eigenvalue weighted by Crippen LogP contribution is -2.29. The molecule has 9 nitrogen and oxygen atoms in total. The van der Waals surface area contributed by atoms with Crippen LogP contribution in [0.5, 0.6) is 5.75 Å². The molecule has 0 unspecified atom stereocenters. The molecule has 0 saturated carbocycles. The fraction of sp³-hybridized carbons (Fsp3) is 0.417. The molecule has 2 aromatic heterocycles. The summed E-state index contributed by atoms with van der Waals surface area (Å²) in [6, 6.07) is 7.03. The third kappa shape index (κ3) is 4.68. The molecule has 2 amide bonds. The number of ether oxygens (including phenoxy) is 1. The lowest BCUT2D eigenvalue weighted by atomic mass is 10.0. The first-order chi connectivity index (χ1) is 16.1. The van der Waals surface area contributed by atoms with Gasteiger partial charge in [-0.15, -0.1) is 0 Å². The van der Waals surface area contributed by atoms with Gasteiger partial charge in [0, 0.05) is 56.1 Å². The molecule has 1 N–H and O–H groups in total. The predicted molar refractivity (Wildman–Crippen MR) is 120 cm³/mol. The van der Waals surface area contributed by atoms with Crippen LogP contribution in [0.25, 0.3) is 5.65 Å². The molecule has 2 atom stereocenters. The zero-order valence-electron chi connectivity index (χ0n) is 18.3. The van der Waals surface area contributed by atoms with Crippen molar-refractivity contribution in [2.24, 2.45) is 5.92 Å². The van der Waals surface area contributed by atoms with Crippen LogP contribution in [0.2, 0.25) is 0 Å². The van der Waals surface area contributed by atoms with Gasteiger partial charge < -0.3 is 24.0 Å². The largest absolute Gasteiger partial charge is 0.492 e. The van der Waals surface area contributed by atoms with E-state index in [-0.39, 0.29) is 17.7 Å². The van der Waals surface area contributed by atoms with Gasteiger partial charge in [0.25, 0.3) is 5.91 Å². The van der Waals surface area contributed by atoms with Crippen molar-refractivity contribution in [1.29, 1.82) is 0 Å². The van der Waals surface area contributed by atoms with E-state index in [1.165, 1.54) is 0 Å². The van der Waals surface area contributed by atoms with Gasteiger partial charge in [0.15, 0.2) is 5.65 Å². The van der Waals surface area contributed by atoms with Crippen molar-refractivity contribution >= 4 is 17.5 Å². The van der Waals surface area contributed by atoms with E-state index >= 15 is 0 Å². The molecule has 2 aliphatic heterocycles. The number of β-amino-alcohol motifs (C(OH)–C–C–N with tert-alkyl or cyclic N) is 1. The fourth-order valence-corrected chi connectivity index (χ4v) is 4.55. The highest BCUT2D eigenvalue weighted by molar-refractivity contribution is 5.94. The molecule has 1 aromatic carbocycles. The van der Waals surface area contributed by atoms with Crippen LogP contribution in [-0.2, 0) is 11.2 Å². The predicted octanol–water partition coefficient (Wildman–Crippen LogP) is 1.41. The van der Waals surface area contributed by atoms with Crippen molar-refractivity contribution in [2.45, 2.75) is 25.4 Å². The van der Waals surface area contributed by atoms with Crippen molar-refractivity contribution in [1.82, 2.24) is 24.2 Å². The second-order valence-corrected chi connectivity index (χ2v) is 8.67. The van der Waals surface area contributed by atoms with Crippen molar-refractivity contribution in [3.05, 3.63) is 60.3 Å². The maximum absolute atomic E-state index is 13.0. The summed E-state index contributed by atoms with van der Waals surface area (Å²) in [4.78, 5) is 36.8. The lowest BCUT2D eigenvalue weighted by Gasteiger charge is -2.17. The third-order valence-corrected chi connectivity index (χ3v) is 6.40. The maximum atomic E-state index is 13.0. The number of aliphatic hydroxyl groups is 1. The zero-order chi connectivity index (χ0) is 22.8. The Labute approximate surface area is 191 Å². The topological polar surface area (TPSA) is 100 Å². The molecule has 33 heavy (non-hydrogen) atoms.